The number of thioether (sulfide) groups is 1. The lowest BCUT2D eigenvalue weighted by Gasteiger charge is -2.09. The lowest BCUT2D eigenvalue weighted by molar-refractivity contribution is 0.0944. The molecule has 3 rings (SSSR count). The molecule has 0 bridgehead atoms. The van der Waals surface area contributed by atoms with E-state index in [4.69, 9.17) is 4.74 Å². The van der Waals surface area contributed by atoms with Gasteiger partial charge in [0.15, 0.2) is 5.16 Å². The standard InChI is InChI=1S/C17H19N3O3S/c1-11-7-12(2)9-13(8-11)23-5-3-18-15(21)14-10-19-17-20(16(14)22)4-6-24-17/h7-10H,3-6H2,1-2H3,(H,18,21). The van der Waals surface area contributed by atoms with E-state index >= 15 is 0 Å². The topological polar surface area (TPSA) is 73.2 Å². The fourth-order valence-corrected chi connectivity index (χ4v) is 3.53. The van der Waals surface area contributed by atoms with Crippen LogP contribution >= 0.6 is 11.8 Å². The van der Waals surface area contributed by atoms with Crippen LogP contribution in [0.25, 0.3) is 0 Å². The van der Waals surface area contributed by atoms with Gasteiger partial charge in [0, 0.05) is 18.5 Å². The number of fused-ring (bicyclic) bond motifs is 1. The molecular formula is C17H19N3O3S. The van der Waals surface area contributed by atoms with Gasteiger partial charge in [0.05, 0.1) is 6.54 Å². The zero-order valence-corrected chi connectivity index (χ0v) is 14.5. The first-order valence-electron chi connectivity index (χ1n) is 7.76. The highest BCUT2D eigenvalue weighted by atomic mass is 32.2. The Bertz CT molecular complexity index is 812. The summed E-state index contributed by atoms with van der Waals surface area (Å²) >= 11 is 1.52. The Morgan fingerprint density at radius 3 is 2.83 bits per heavy atom. The van der Waals surface area contributed by atoms with Gasteiger partial charge in [-0.15, -0.1) is 0 Å². The quantitative estimate of drug-likeness (QED) is 0.660. The van der Waals surface area contributed by atoms with Crippen LogP contribution in [0.2, 0.25) is 0 Å². The number of hydrogen-bond donors (Lipinski definition) is 1. The first-order valence-corrected chi connectivity index (χ1v) is 8.75. The van der Waals surface area contributed by atoms with Gasteiger partial charge < -0.3 is 10.1 Å². The van der Waals surface area contributed by atoms with Gasteiger partial charge in [-0.2, -0.15) is 0 Å². The van der Waals surface area contributed by atoms with Gasteiger partial charge in [0.25, 0.3) is 11.5 Å². The molecule has 1 aliphatic rings. The van der Waals surface area contributed by atoms with E-state index < -0.39 is 5.91 Å². The van der Waals surface area contributed by atoms with E-state index in [0.717, 1.165) is 22.6 Å². The maximum atomic E-state index is 12.2. The molecule has 0 spiro atoms. The average Bonchev–Trinajstić information content (AvgIpc) is 3.00. The predicted octanol–water partition coefficient (Wildman–Crippen LogP) is 1.77. The third kappa shape index (κ3) is 3.62. The van der Waals surface area contributed by atoms with Crippen molar-refractivity contribution in [1.82, 2.24) is 14.9 Å². The average molecular weight is 345 g/mol. The van der Waals surface area contributed by atoms with E-state index in [1.165, 1.54) is 18.0 Å². The zero-order chi connectivity index (χ0) is 17.1. The van der Waals surface area contributed by atoms with Crippen LogP contribution in [-0.4, -0.2) is 34.4 Å². The Morgan fingerprint density at radius 2 is 2.08 bits per heavy atom. The Balaban J connectivity index is 1.56. The number of hydrogen-bond acceptors (Lipinski definition) is 5. The SMILES string of the molecule is Cc1cc(C)cc(OCCNC(=O)c2cnc3n(c2=O)CCS3)c1. The molecule has 2 aromatic rings. The third-order valence-corrected chi connectivity index (χ3v) is 4.62. The van der Waals surface area contributed by atoms with Crippen LogP contribution in [0.15, 0.2) is 34.3 Å². The van der Waals surface area contributed by atoms with Gasteiger partial charge in [-0.3, -0.25) is 14.2 Å². The van der Waals surface area contributed by atoms with Crippen molar-refractivity contribution in [2.45, 2.75) is 25.5 Å². The summed E-state index contributed by atoms with van der Waals surface area (Å²) in [6.45, 7) is 5.27. The molecule has 1 aromatic heterocycles. The summed E-state index contributed by atoms with van der Waals surface area (Å²) in [4.78, 5) is 28.6. The second-order valence-corrected chi connectivity index (χ2v) is 6.75. The highest BCUT2D eigenvalue weighted by molar-refractivity contribution is 7.99. The molecule has 2 heterocycles. The van der Waals surface area contributed by atoms with E-state index in [0.29, 0.717) is 24.9 Å². The lowest BCUT2D eigenvalue weighted by atomic mass is 10.1. The monoisotopic (exact) mass is 345 g/mol. The number of rotatable bonds is 5. The van der Waals surface area contributed by atoms with Crippen LogP contribution in [0.3, 0.4) is 0 Å². The highest BCUT2D eigenvalue weighted by Gasteiger charge is 2.19. The number of amides is 1. The van der Waals surface area contributed by atoms with Gasteiger partial charge in [-0.1, -0.05) is 17.8 Å². The fourth-order valence-electron chi connectivity index (χ4n) is 2.62. The van der Waals surface area contributed by atoms with E-state index in [1.807, 2.05) is 26.0 Å². The second-order valence-electron chi connectivity index (χ2n) is 5.69. The predicted molar refractivity (Wildman–Crippen MR) is 93.0 cm³/mol. The summed E-state index contributed by atoms with van der Waals surface area (Å²) in [5, 5.41) is 3.38. The molecule has 126 valence electrons. The van der Waals surface area contributed by atoms with Crippen molar-refractivity contribution in [3.8, 4) is 5.75 Å². The van der Waals surface area contributed by atoms with E-state index in [2.05, 4.69) is 16.4 Å². The third-order valence-electron chi connectivity index (χ3n) is 3.65. The van der Waals surface area contributed by atoms with Crippen LogP contribution < -0.4 is 15.6 Å². The summed E-state index contributed by atoms with van der Waals surface area (Å²) < 4.78 is 7.19. The molecule has 1 amide bonds. The minimum Gasteiger partial charge on any atom is -0.492 e. The molecule has 1 aliphatic heterocycles. The largest absolute Gasteiger partial charge is 0.492 e. The molecule has 0 unspecified atom stereocenters. The van der Waals surface area contributed by atoms with Crippen molar-refractivity contribution in [3.05, 3.63) is 51.4 Å². The van der Waals surface area contributed by atoms with Crippen LogP contribution in [0.4, 0.5) is 0 Å². The van der Waals surface area contributed by atoms with Gasteiger partial charge >= 0.3 is 0 Å². The fraction of sp³-hybridized carbons (Fsp3) is 0.353. The number of benzene rings is 1. The summed E-state index contributed by atoms with van der Waals surface area (Å²) in [6.07, 6.45) is 1.35. The van der Waals surface area contributed by atoms with Crippen molar-refractivity contribution >= 4 is 17.7 Å². The first kappa shape index (κ1) is 16.6. The molecule has 1 aromatic carbocycles. The number of aromatic nitrogens is 2. The van der Waals surface area contributed by atoms with Crippen molar-refractivity contribution < 1.29 is 9.53 Å². The van der Waals surface area contributed by atoms with Crippen molar-refractivity contribution in [2.75, 3.05) is 18.9 Å². The molecule has 24 heavy (non-hydrogen) atoms. The van der Waals surface area contributed by atoms with Gasteiger partial charge in [-0.05, 0) is 37.1 Å². The summed E-state index contributed by atoms with van der Waals surface area (Å²) in [6, 6.07) is 5.97. The van der Waals surface area contributed by atoms with Gasteiger partial charge in [0.2, 0.25) is 0 Å². The van der Waals surface area contributed by atoms with Crippen LogP contribution in [-0.2, 0) is 6.54 Å². The molecule has 0 aliphatic carbocycles. The van der Waals surface area contributed by atoms with E-state index in [9.17, 15) is 9.59 Å². The van der Waals surface area contributed by atoms with E-state index in [-0.39, 0.29) is 11.1 Å². The highest BCUT2D eigenvalue weighted by Crippen LogP contribution is 2.20. The molecule has 7 heteroatoms. The van der Waals surface area contributed by atoms with Crippen LogP contribution in [0.1, 0.15) is 21.5 Å². The molecule has 0 fully saturated rings. The first-order chi connectivity index (χ1) is 11.5. The van der Waals surface area contributed by atoms with Gasteiger partial charge in [-0.25, -0.2) is 4.98 Å². The maximum Gasteiger partial charge on any atom is 0.267 e. The van der Waals surface area contributed by atoms with Crippen molar-refractivity contribution in [2.24, 2.45) is 0 Å². The minimum atomic E-state index is -0.413. The maximum absolute atomic E-state index is 12.2. The Labute approximate surface area is 144 Å². The number of nitrogens with one attached hydrogen (secondary N) is 1. The molecule has 1 N–H and O–H groups in total. The smallest absolute Gasteiger partial charge is 0.267 e. The molecule has 0 saturated carbocycles. The molecular weight excluding hydrogens is 326 g/mol. The number of aryl methyl sites for hydroxylation is 2. The lowest BCUT2D eigenvalue weighted by Crippen LogP contribution is -2.35. The van der Waals surface area contributed by atoms with Crippen molar-refractivity contribution in [1.29, 1.82) is 0 Å². The summed E-state index contributed by atoms with van der Waals surface area (Å²) in [5.41, 5.74) is 2.05. The number of ether oxygens (including phenoxy) is 1. The molecule has 6 nitrogen and oxygen atoms in total. The van der Waals surface area contributed by atoms with Gasteiger partial charge in [0.1, 0.15) is 17.9 Å². The number of carbonyl (C=O) groups is 1. The van der Waals surface area contributed by atoms with Crippen LogP contribution in [0.5, 0.6) is 5.75 Å². The van der Waals surface area contributed by atoms with E-state index in [1.54, 1.807) is 4.57 Å². The molecule has 0 radical (unpaired) electrons. The van der Waals surface area contributed by atoms with Crippen molar-refractivity contribution in [3.63, 3.8) is 0 Å². The zero-order valence-electron chi connectivity index (χ0n) is 13.7. The second kappa shape index (κ2) is 7.09. The number of nitrogens with zero attached hydrogens (tertiary/aromatic N) is 2. The minimum absolute atomic E-state index is 0.0765. The molecule has 0 atom stereocenters. The number of carbonyl (C=O) groups excluding carboxylic acids is 1. The Kier molecular flexibility index (Phi) is 4.89. The normalized spacial score (nSPS) is 12.8. The summed E-state index contributed by atoms with van der Waals surface area (Å²) in [7, 11) is 0. The Hall–Kier alpha value is -2.28. The van der Waals surface area contributed by atoms with Crippen LogP contribution in [0, 0.1) is 13.8 Å². The molecule has 0 saturated heterocycles. The summed E-state index contributed by atoms with van der Waals surface area (Å²) in [5.74, 6) is 1.18. The Morgan fingerprint density at radius 1 is 1.33 bits per heavy atom.